The molecule has 286 valence electrons. The van der Waals surface area contributed by atoms with E-state index in [-0.39, 0.29) is 47.9 Å². The average Bonchev–Trinajstić information content (AvgIpc) is 3.72. The normalized spacial score (nSPS) is 21.5. The zero-order chi connectivity index (χ0) is 38.4. The van der Waals surface area contributed by atoms with E-state index < -0.39 is 6.10 Å². The minimum atomic E-state index is -0.601. The molecule has 55 heavy (non-hydrogen) atoms. The van der Waals surface area contributed by atoms with Crippen molar-refractivity contribution in [2.75, 3.05) is 46.6 Å². The van der Waals surface area contributed by atoms with Crippen molar-refractivity contribution in [2.24, 2.45) is 5.92 Å². The van der Waals surface area contributed by atoms with Gasteiger partial charge in [-0.25, -0.2) is 4.98 Å². The number of hydrogen-bond acceptors (Lipinski definition) is 11. The van der Waals surface area contributed by atoms with Crippen LogP contribution in [-0.4, -0.2) is 68.2 Å². The van der Waals surface area contributed by atoms with E-state index in [0.717, 1.165) is 75.9 Å². The van der Waals surface area contributed by atoms with Gasteiger partial charge in [-0.3, -0.25) is 4.79 Å². The topological polar surface area (TPSA) is 157 Å². The van der Waals surface area contributed by atoms with Crippen LogP contribution in [0, 0.1) is 17.8 Å². The quantitative estimate of drug-likeness (QED) is 0.110. The van der Waals surface area contributed by atoms with Crippen LogP contribution in [0.4, 0.5) is 5.82 Å². The molecule has 0 unspecified atom stereocenters. The lowest BCUT2D eigenvalue weighted by atomic mass is 9.65. The SMILES string of the molecule is CNCC(CNC)Oc1cc2c(cc1O)CC#Cc1nc(N)ccc1C[C@@H]1CC[C@]3(Cc4cc(O)cc(OC)c4-c4ccc5c(c43)O[C@H]2[C@@H]5COC(C)=O)C1. The van der Waals surface area contributed by atoms with Gasteiger partial charge in [-0.05, 0) is 105 Å². The number of phenols is 2. The number of carbonyl (C=O) groups is 1. The number of carbonyl (C=O) groups excluding carboxylic acids is 1. The predicted octanol–water partition coefficient (Wildman–Crippen LogP) is 5.46. The summed E-state index contributed by atoms with van der Waals surface area (Å²) in [5.74, 6) is 8.54. The summed E-state index contributed by atoms with van der Waals surface area (Å²) in [4.78, 5) is 17.1. The molecule has 2 aliphatic heterocycles. The summed E-state index contributed by atoms with van der Waals surface area (Å²) in [6.07, 6.45) is 3.67. The summed E-state index contributed by atoms with van der Waals surface area (Å²) in [6.45, 7) is 2.61. The summed E-state index contributed by atoms with van der Waals surface area (Å²) in [5.41, 5.74) is 14.2. The standard InChI is InChI=1S/C44H48N4O7/c1-24(49)53-23-34-31-9-10-32-40-28(15-29(50)17-38(40)52-4)20-44-13-12-25(19-44)14-27-8-11-39(45)48-35(27)7-5-6-26-16-36(51)37(54-30(21-46-2)22-47-3)18-33(26)42(34)55-43(31)41(32)44/h8-11,15-18,25,30,34,42,46-47,50-51H,6,12-14,19-23H2,1-4H3,(H2,45,48)/t25-,34+,42+,44+/m0/s1. The molecule has 11 heteroatoms. The number of rotatable bonds is 9. The molecule has 1 aromatic heterocycles. The van der Waals surface area contributed by atoms with E-state index in [9.17, 15) is 15.0 Å². The van der Waals surface area contributed by atoms with Crippen molar-refractivity contribution in [3.63, 3.8) is 0 Å². The Morgan fingerprint density at radius 2 is 1.87 bits per heavy atom. The van der Waals surface area contributed by atoms with Crippen molar-refractivity contribution >= 4 is 11.8 Å². The third-order valence-corrected chi connectivity index (χ3v) is 11.8. The highest BCUT2D eigenvalue weighted by Gasteiger charge is 2.51. The Bertz CT molecular complexity index is 2220. The van der Waals surface area contributed by atoms with Gasteiger partial charge in [-0.2, -0.15) is 0 Å². The zero-order valence-corrected chi connectivity index (χ0v) is 31.8. The van der Waals surface area contributed by atoms with Gasteiger partial charge in [-0.15, -0.1) is 0 Å². The molecule has 4 atom stereocenters. The molecule has 2 aliphatic carbocycles. The molecule has 11 nitrogen and oxygen atoms in total. The maximum atomic E-state index is 12.4. The minimum Gasteiger partial charge on any atom is -0.508 e. The van der Waals surface area contributed by atoms with Crippen LogP contribution in [0.3, 0.4) is 0 Å². The lowest BCUT2D eigenvalue weighted by molar-refractivity contribution is -0.141. The monoisotopic (exact) mass is 744 g/mol. The molecule has 3 aromatic carbocycles. The Morgan fingerprint density at radius 3 is 2.64 bits per heavy atom. The summed E-state index contributed by atoms with van der Waals surface area (Å²) in [7, 11) is 5.35. The molecule has 4 aromatic rings. The fourth-order valence-electron chi connectivity index (χ4n) is 9.54. The van der Waals surface area contributed by atoms with Gasteiger partial charge in [0.05, 0.1) is 13.0 Å². The number of aromatic hydroxyl groups is 2. The van der Waals surface area contributed by atoms with Gasteiger partial charge in [0, 0.05) is 60.2 Å². The molecule has 4 aliphatic rings. The van der Waals surface area contributed by atoms with E-state index in [1.54, 1.807) is 19.2 Å². The van der Waals surface area contributed by atoms with Gasteiger partial charge >= 0.3 is 5.97 Å². The fourth-order valence-corrected chi connectivity index (χ4v) is 9.54. The first-order chi connectivity index (χ1) is 26.6. The minimum absolute atomic E-state index is 0.00825. The van der Waals surface area contributed by atoms with Crippen molar-refractivity contribution in [1.82, 2.24) is 15.6 Å². The molecule has 8 rings (SSSR count). The van der Waals surface area contributed by atoms with Gasteiger partial charge < -0.3 is 45.5 Å². The highest BCUT2D eigenvalue weighted by atomic mass is 16.5. The highest BCUT2D eigenvalue weighted by Crippen LogP contribution is 2.62. The van der Waals surface area contributed by atoms with E-state index >= 15 is 0 Å². The molecular formula is C44H48N4O7. The number of methoxy groups -OCH3 is 1. The number of phenolic OH excluding ortho intramolecular Hbond substituents is 2. The number of nitrogens with one attached hydrogen (secondary N) is 2. The molecular weight excluding hydrogens is 697 g/mol. The van der Waals surface area contributed by atoms with Gasteiger partial charge in [-0.1, -0.05) is 24.1 Å². The number of nitrogens with two attached hydrogens (primary N) is 1. The van der Waals surface area contributed by atoms with Gasteiger partial charge in [0.2, 0.25) is 0 Å². The van der Waals surface area contributed by atoms with Gasteiger partial charge in [0.25, 0.3) is 0 Å². The maximum absolute atomic E-state index is 12.4. The second-order valence-electron chi connectivity index (χ2n) is 15.4. The molecule has 3 heterocycles. The number of ether oxygens (including phenoxy) is 4. The number of esters is 1. The van der Waals surface area contributed by atoms with Crippen LogP contribution < -0.4 is 30.6 Å². The summed E-state index contributed by atoms with van der Waals surface area (Å²) >= 11 is 0. The Balaban J connectivity index is 1.37. The molecule has 1 saturated carbocycles. The first-order valence-electron chi connectivity index (χ1n) is 19.0. The number of aromatic nitrogens is 1. The molecule has 6 N–H and O–H groups in total. The van der Waals surface area contributed by atoms with E-state index in [1.165, 1.54) is 6.92 Å². The fraction of sp³-hybridized carbons (Fsp3) is 0.409. The lowest BCUT2D eigenvalue weighted by Crippen LogP contribution is -2.37. The summed E-state index contributed by atoms with van der Waals surface area (Å²) in [5, 5.41) is 28.6. The first kappa shape index (κ1) is 36.5. The van der Waals surface area contributed by atoms with E-state index in [2.05, 4.69) is 39.6 Å². The van der Waals surface area contributed by atoms with Crippen LogP contribution in [0.5, 0.6) is 28.7 Å². The van der Waals surface area contributed by atoms with E-state index in [1.807, 2.05) is 38.4 Å². The largest absolute Gasteiger partial charge is 0.508 e. The van der Waals surface area contributed by atoms with Crippen molar-refractivity contribution in [2.45, 2.75) is 69.0 Å². The van der Waals surface area contributed by atoms with Crippen molar-refractivity contribution < 1.29 is 34.0 Å². The predicted molar refractivity (Wildman–Crippen MR) is 209 cm³/mol. The van der Waals surface area contributed by atoms with Crippen molar-refractivity contribution in [3.8, 4) is 51.7 Å². The van der Waals surface area contributed by atoms with Crippen molar-refractivity contribution in [3.05, 3.63) is 87.6 Å². The van der Waals surface area contributed by atoms with Crippen LogP contribution in [0.2, 0.25) is 0 Å². The molecule has 4 bridgehead atoms. The molecule has 1 fully saturated rings. The third-order valence-electron chi connectivity index (χ3n) is 11.8. The number of pyridine rings is 1. The van der Waals surface area contributed by atoms with Crippen LogP contribution in [0.1, 0.15) is 77.3 Å². The molecule has 0 radical (unpaired) electrons. The maximum Gasteiger partial charge on any atom is 0.302 e. The first-order valence-corrected chi connectivity index (χ1v) is 19.0. The zero-order valence-electron chi connectivity index (χ0n) is 31.8. The smallest absolute Gasteiger partial charge is 0.302 e. The van der Waals surface area contributed by atoms with E-state index in [4.69, 9.17) is 24.7 Å². The number of fused-ring (bicyclic) bond motifs is 7. The number of nitrogen functional groups attached to an aromatic ring is 1. The Labute approximate surface area is 321 Å². The summed E-state index contributed by atoms with van der Waals surface area (Å²) in [6, 6.07) is 15.2. The Morgan fingerprint density at radius 1 is 1.05 bits per heavy atom. The third kappa shape index (κ3) is 6.68. The lowest BCUT2D eigenvalue weighted by Gasteiger charge is -2.39. The Kier molecular flexibility index (Phi) is 9.74. The van der Waals surface area contributed by atoms with Crippen LogP contribution in [0.15, 0.2) is 48.5 Å². The van der Waals surface area contributed by atoms with Crippen LogP contribution >= 0.6 is 0 Å². The number of anilines is 1. The van der Waals surface area contributed by atoms with Gasteiger partial charge in [0.15, 0.2) is 11.5 Å². The number of likely N-dealkylation sites (N-methyl/N-ethyl adjacent to an activating group) is 2. The number of hydrogen-bond donors (Lipinski definition) is 5. The average molecular weight is 745 g/mol. The molecule has 1 spiro atoms. The Hall–Kier alpha value is -5.44. The van der Waals surface area contributed by atoms with Crippen LogP contribution in [0.25, 0.3) is 11.1 Å². The summed E-state index contributed by atoms with van der Waals surface area (Å²) < 4.78 is 25.4. The molecule has 0 amide bonds. The second kappa shape index (κ2) is 14.7. The number of benzene rings is 3. The molecule has 0 saturated heterocycles. The van der Waals surface area contributed by atoms with E-state index in [0.29, 0.717) is 48.4 Å². The van der Waals surface area contributed by atoms with Crippen LogP contribution in [-0.2, 0) is 34.2 Å². The number of nitrogens with zero attached hydrogens (tertiary/aromatic N) is 1. The highest BCUT2D eigenvalue weighted by molar-refractivity contribution is 5.84. The van der Waals surface area contributed by atoms with Gasteiger partial charge in [0.1, 0.15) is 47.6 Å². The second-order valence-corrected chi connectivity index (χ2v) is 15.4. The van der Waals surface area contributed by atoms with Crippen molar-refractivity contribution in [1.29, 1.82) is 0 Å².